The molecule has 1 aromatic rings. The highest BCUT2D eigenvalue weighted by Gasteiger charge is 2.58. The van der Waals surface area contributed by atoms with Crippen molar-refractivity contribution in [3.05, 3.63) is 23.7 Å². The maximum Gasteiger partial charge on any atom is 0.120 e. The molecule has 3 atom stereocenters. The smallest absolute Gasteiger partial charge is 0.120 e. The molecule has 18 heavy (non-hydrogen) atoms. The lowest BCUT2D eigenvalue weighted by Gasteiger charge is -2.43. The van der Waals surface area contributed by atoms with Crippen molar-refractivity contribution in [1.29, 1.82) is 0 Å². The van der Waals surface area contributed by atoms with Gasteiger partial charge in [-0.3, -0.25) is 0 Å². The number of fused-ring (bicyclic) bond motifs is 2. The van der Waals surface area contributed by atoms with Gasteiger partial charge < -0.3 is 9.73 Å². The van der Waals surface area contributed by atoms with Gasteiger partial charge in [-0.05, 0) is 54.6 Å². The van der Waals surface area contributed by atoms with E-state index in [4.69, 9.17) is 4.42 Å². The van der Waals surface area contributed by atoms with E-state index >= 15 is 0 Å². The summed E-state index contributed by atoms with van der Waals surface area (Å²) in [5.74, 6) is 2.00. The summed E-state index contributed by atoms with van der Waals surface area (Å²) in [4.78, 5) is 0. The molecule has 2 nitrogen and oxygen atoms in total. The third kappa shape index (κ3) is 1.65. The Morgan fingerprint density at radius 2 is 2.17 bits per heavy atom. The van der Waals surface area contributed by atoms with Crippen molar-refractivity contribution in [3.8, 4) is 0 Å². The fraction of sp³-hybridized carbons (Fsp3) is 0.750. The normalized spacial score (nSPS) is 37.3. The summed E-state index contributed by atoms with van der Waals surface area (Å²) >= 11 is 0. The van der Waals surface area contributed by atoms with E-state index in [-0.39, 0.29) is 0 Å². The zero-order valence-corrected chi connectivity index (χ0v) is 12.0. The summed E-state index contributed by atoms with van der Waals surface area (Å²) in [6, 6.07) is 2.67. The van der Waals surface area contributed by atoms with Gasteiger partial charge in [-0.1, -0.05) is 20.8 Å². The zero-order valence-electron chi connectivity index (χ0n) is 12.0. The Hall–Kier alpha value is -0.760. The predicted octanol–water partition coefficient (Wildman–Crippen LogP) is 3.89. The monoisotopic (exact) mass is 247 g/mol. The molecule has 1 aromatic heterocycles. The van der Waals surface area contributed by atoms with Gasteiger partial charge in [0, 0.05) is 6.04 Å². The van der Waals surface area contributed by atoms with Crippen LogP contribution in [0.2, 0.25) is 0 Å². The molecule has 2 aliphatic rings. The number of aryl methyl sites for hydroxylation is 1. The van der Waals surface area contributed by atoms with Crippen molar-refractivity contribution < 1.29 is 4.42 Å². The molecule has 2 heteroatoms. The second-order valence-corrected chi connectivity index (χ2v) is 7.26. The minimum Gasteiger partial charge on any atom is -0.468 e. The van der Waals surface area contributed by atoms with Gasteiger partial charge in [0.15, 0.2) is 0 Å². The molecule has 0 amide bonds. The SMILES string of the molecule is Cc1ccoc1CNC1C2(C)CCC(C2)C1(C)C. The molecule has 0 saturated heterocycles. The van der Waals surface area contributed by atoms with Crippen molar-refractivity contribution in [2.24, 2.45) is 16.7 Å². The number of furan rings is 1. The summed E-state index contributed by atoms with van der Waals surface area (Å²) < 4.78 is 5.54. The Kier molecular flexibility index (Phi) is 2.64. The Labute approximate surface area is 110 Å². The molecular weight excluding hydrogens is 222 g/mol. The molecule has 0 aromatic carbocycles. The minimum atomic E-state index is 0.424. The van der Waals surface area contributed by atoms with E-state index in [1.165, 1.54) is 24.8 Å². The lowest BCUT2D eigenvalue weighted by molar-refractivity contribution is 0.106. The molecule has 0 radical (unpaired) electrons. The standard InChI is InChI=1S/C16H25NO/c1-11-6-8-18-13(11)10-17-14-15(2,3)12-5-7-16(14,4)9-12/h6,8,12,14,17H,5,7,9-10H2,1-4H3. The lowest BCUT2D eigenvalue weighted by atomic mass is 9.68. The number of hydrogen-bond donors (Lipinski definition) is 1. The quantitative estimate of drug-likeness (QED) is 0.876. The van der Waals surface area contributed by atoms with E-state index in [1.807, 2.05) is 6.07 Å². The Morgan fingerprint density at radius 3 is 2.72 bits per heavy atom. The van der Waals surface area contributed by atoms with E-state index in [2.05, 4.69) is 33.0 Å². The van der Waals surface area contributed by atoms with Crippen molar-refractivity contribution in [2.75, 3.05) is 0 Å². The Bertz CT molecular complexity index is 443. The molecule has 3 unspecified atom stereocenters. The van der Waals surface area contributed by atoms with Crippen LogP contribution in [0.3, 0.4) is 0 Å². The van der Waals surface area contributed by atoms with E-state index in [0.717, 1.165) is 18.2 Å². The van der Waals surface area contributed by atoms with E-state index in [9.17, 15) is 0 Å². The first-order valence-electron chi connectivity index (χ1n) is 7.20. The third-order valence-corrected chi connectivity index (χ3v) is 5.70. The van der Waals surface area contributed by atoms with E-state index < -0.39 is 0 Å². The van der Waals surface area contributed by atoms with Crippen molar-refractivity contribution in [3.63, 3.8) is 0 Å². The molecule has 1 heterocycles. The van der Waals surface area contributed by atoms with Crippen molar-refractivity contribution in [1.82, 2.24) is 5.32 Å². The molecule has 0 aliphatic heterocycles. The Balaban J connectivity index is 1.74. The summed E-state index contributed by atoms with van der Waals surface area (Å²) in [6.07, 6.45) is 5.99. The first-order chi connectivity index (χ1) is 8.43. The van der Waals surface area contributed by atoms with Gasteiger partial charge in [0.05, 0.1) is 12.8 Å². The molecule has 100 valence electrons. The highest BCUT2D eigenvalue weighted by atomic mass is 16.3. The van der Waals surface area contributed by atoms with Gasteiger partial charge in [-0.2, -0.15) is 0 Å². The van der Waals surface area contributed by atoms with Crippen LogP contribution in [0.15, 0.2) is 16.7 Å². The van der Waals surface area contributed by atoms with Crippen LogP contribution in [0.1, 0.15) is 51.4 Å². The van der Waals surface area contributed by atoms with Gasteiger partial charge in [0.2, 0.25) is 0 Å². The average Bonchev–Trinajstić information content (AvgIpc) is 2.90. The predicted molar refractivity (Wildman–Crippen MR) is 73.3 cm³/mol. The van der Waals surface area contributed by atoms with Crippen LogP contribution in [0.4, 0.5) is 0 Å². The average molecular weight is 247 g/mol. The molecule has 2 bridgehead atoms. The highest BCUT2D eigenvalue weighted by Crippen LogP contribution is 2.62. The summed E-state index contributed by atoms with van der Waals surface area (Å²) in [5, 5.41) is 3.79. The molecule has 2 saturated carbocycles. The summed E-state index contributed by atoms with van der Waals surface area (Å²) in [5.41, 5.74) is 2.18. The van der Waals surface area contributed by atoms with Gasteiger partial charge >= 0.3 is 0 Å². The van der Waals surface area contributed by atoms with Gasteiger partial charge in [0.1, 0.15) is 5.76 Å². The van der Waals surface area contributed by atoms with Crippen LogP contribution in [0.25, 0.3) is 0 Å². The summed E-state index contributed by atoms with van der Waals surface area (Å²) in [7, 11) is 0. The van der Waals surface area contributed by atoms with Gasteiger partial charge in [0.25, 0.3) is 0 Å². The maximum atomic E-state index is 5.54. The number of rotatable bonds is 3. The number of nitrogens with one attached hydrogen (secondary N) is 1. The molecular formula is C16H25NO. The van der Waals surface area contributed by atoms with Crippen LogP contribution in [-0.2, 0) is 6.54 Å². The largest absolute Gasteiger partial charge is 0.468 e. The highest BCUT2D eigenvalue weighted by molar-refractivity contribution is 5.16. The molecule has 3 rings (SSSR count). The number of hydrogen-bond acceptors (Lipinski definition) is 2. The zero-order chi connectivity index (χ0) is 13.0. The van der Waals surface area contributed by atoms with Gasteiger partial charge in [-0.25, -0.2) is 0 Å². The van der Waals surface area contributed by atoms with E-state index in [0.29, 0.717) is 16.9 Å². The van der Waals surface area contributed by atoms with Gasteiger partial charge in [-0.15, -0.1) is 0 Å². The van der Waals surface area contributed by atoms with Crippen LogP contribution in [0, 0.1) is 23.7 Å². The lowest BCUT2D eigenvalue weighted by Crippen LogP contribution is -2.49. The van der Waals surface area contributed by atoms with E-state index in [1.54, 1.807) is 6.26 Å². The summed E-state index contributed by atoms with van der Waals surface area (Å²) in [6.45, 7) is 10.3. The second kappa shape index (κ2) is 3.86. The maximum absolute atomic E-state index is 5.54. The molecule has 1 N–H and O–H groups in total. The molecule has 2 aliphatic carbocycles. The van der Waals surface area contributed by atoms with Crippen molar-refractivity contribution in [2.45, 2.75) is 59.5 Å². The molecule has 0 spiro atoms. The first kappa shape index (κ1) is 12.3. The fourth-order valence-electron chi connectivity index (χ4n) is 4.59. The third-order valence-electron chi connectivity index (χ3n) is 5.70. The van der Waals surface area contributed by atoms with Crippen LogP contribution < -0.4 is 5.32 Å². The minimum absolute atomic E-state index is 0.424. The second-order valence-electron chi connectivity index (χ2n) is 7.26. The topological polar surface area (TPSA) is 25.2 Å². The van der Waals surface area contributed by atoms with Crippen LogP contribution in [-0.4, -0.2) is 6.04 Å². The van der Waals surface area contributed by atoms with Crippen LogP contribution >= 0.6 is 0 Å². The van der Waals surface area contributed by atoms with Crippen molar-refractivity contribution >= 4 is 0 Å². The molecule has 2 fully saturated rings. The first-order valence-corrected chi connectivity index (χ1v) is 7.20. The fourth-order valence-corrected chi connectivity index (χ4v) is 4.59. The van der Waals surface area contributed by atoms with Crippen LogP contribution in [0.5, 0.6) is 0 Å². The Morgan fingerprint density at radius 1 is 1.39 bits per heavy atom.